The van der Waals surface area contributed by atoms with Crippen LogP contribution >= 0.6 is 11.3 Å². The van der Waals surface area contributed by atoms with Crippen molar-refractivity contribution in [3.8, 4) is 0 Å². The minimum Gasteiger partial charge on any atom is -0.465 e. The lowest BCUT2D eigenvalue weighted by molar-refractivity contribution is -0.121. The molecule has 5 nitrogen and oxygen atoms in total. The highest BCUT2D eigenvalue weighted by molar-refractivity contribution is 7.12. The van der Waals surface area contributed by atoms with Crippen LogP contribution in [0.2, 0.25) is 0 Å². The molecule has 1 amide bonds. The number of nitrogens with one attached hydrogen (secondary N) is 1. The Balaban J connectivity index is 2.33. The third-order valence-electron chi connectivity index (χ3n) is 3.47. The van der Waals surface area contributed by atoms with Gasteiger partial charge in [0.05, 0.1) is 18.8 Å². The standard InChI is InChI=1S/C14H20N2O3S/c1-4-15-10-6-5-7-16(13(10)17)11-9(2)8-20-12(11)14(18)19-3/h8,10,15H,4-7H2,1-3H3. The lowest BCUT2D eigenvalue weighted by Crippen LogP contribution is -2.51. The van der Waals surface area contributed by atoms with E-state index < -0.39 is 0 Å². The second kappa shape index (κ2) is 6.37. The number of methoxy groups -OCH3 is 1. The monoisotopic (exact) mass is 296 g/mol. The van der Waals surface area contributed by atoms with E-state index in [-0.39, 0.29) is 17.9 Å². The number of hydrogen-bond donors (Lipinski definition) is 1. The minimum absolute atomic E-state index is 0.0461. The molecule has 0 radical (unpaired) electrons. The van der Waals surface area contributed by atoms with Gasteiger partial charge in [-0.05, 0) is 37.3 Å². The zero-order chi connectivity index (χ0) is 14.7. The van der Waals surface area contributed by atoms with Gasteiger partial charge in [0.1, 0.15) is 4.88 Å². The molecule has 110 valence electrons. The molecule has 1 saturated heterocycles. The van der Waals surface area contributed by atoms with E-state index >= 15 is 0 Å². The molecule has 0 saturated carbocycles. The summed E-state index contributed by atoms with van der Waals surface area (Å²) in [4.78, 5) is 26.6. The molecule has 20 heavy (non-hydrogen) atoms. The zero-order valence-corrected chi connectivity index (χ0v) is 12.9. The third-order valence-corrected chi connectivity index (χ3v) is 4.54. The van der Waals surface area contributed by atoms with E-state index in [2.05, 4.69) is 5.32 Å². The number of likely N-dealkylation sites (N-methyl/N-ethyl adjacent to an activating group) is 1. The topological polar surface area (TPSA) is 58.6 Å². The molecule has 0 aliphatic carbocycles. The first-order valence-electron chi connectivity index (χ1n) is 6.81. The summed E-state index contributed by atoms with van der Waals surface area (Å²) in [6, 6.07) is -0.154. The second-order valence-corrected chi connectivity index (χ2v) is 5.71. The molecule has 1 unspecified atom stereocenters. The van der Waals surface area contributed by atoms with Crippen LogP contribution in [0.25, 0.3) is 0 Å². The van der Waals surface area contributed by atoms with Crippen LogP contribution in [-0.4, -0.2) is 38.1 Å². The largest absolute Gasteiger partial charge is 0.465 e. The summed E-state index contributed by atoms with van der Waals surface area (Å²) in [5.41, 5.74) is 1.66. The third kappa shape index (κ3) is 2.71. The minimum atomic E-state index is -0.378. The summed E-state index contributed by atoms with van der Waals surface area (Å²) < 4.78 is 4.81. The molecule has 1 aliphatic heterocycles. The Morgan fingerprint density at radius 2 is 2.35 bits per heavy atom. The molecule has 1 N–H and O–H groups in total. The number of nitrogens with zero attached hydrogens (tertiary/aromatic N) is 1. The van der Waals surface area contributed by atoms with E-state index in [9.17, 15) is 9.59 Å². The lowest BCUT2D eigenvalue weighted by atomic mass is 10.0. The van der Waals surface area contributed by atoms with Crippen LogP contribution in [0.3, 0.4) is 0 Å². The zero-order valence-electron chi connectivity index (χ0n) is 12.1. The van der Waals surface area contributed by atoms with Crippen molar-refractivity contribution >= 4 is 28.9 Å². The van der Waals surface area contributed by atoms with Gasteiger partial charge in [0.25, 0.3) is 0 Å². The number of thiophene rings is 1. The molecule has 0 bridgehead atoms. The summed E-state index contributed by atoms with van der Waals surface area (Å²) in [6.45, 7) is 5.32. The van der Waals surface area contributed by atoms with Crippen LogP contribution in [-0.2, 0) is 9.53 Å². The average molecular weight is 296 g/mol. The molecule has 0 aromatic carbocycles. The van der Waals surface area contributed by atoms with Crippen molar-refractivity contribution < 1.29 is 14.3 Å². The molecule has 0 spiro atoms. The predicted octanol–water partition coefficient (Wildman–Crippen LogP) is 1.95. The Hall–Kier alpha value is -1.40. The molecule has 1 aromatic heterocycles. The first-order chi connectivity index (χ1) is 9.60. The summed E-state index contributed by atoms with van der Waals surface area (Å²) in [5.74, 6) is -0.332. The fourth-order valence-corrected chi connectivity index (χ4v) is 3.51. The first kappa shape index (κ1) is 15.0. The van der Waals surface area contributed by atoms with E-state index in [1.807, 2.05) is 19.2 Å². The van der Waals surface area contributed by atoms with Crippen LogP contribution < -0.4 is 10.2 Å². The SMILES string of the molecule is CCNC1CCCN(c2c(C)csc2C(=O)OC)C1=O. The van der Waals surface area contributed by atoms with E-state index in [0.717, 1.165) is 30.6 Å². The van der Waals surface area contributed by atoms with Crippen LogP contribution in [0.15, 0.2) is 5.38 Å². The normalized spacial score (nSPS) is 19.2. The van der Waals surface area contributed by atoms with Gasteiger partial charge < -0.3 is 15.0 Å². The van der Waals surface area contributed by atoms with Crippen molar-refractivity contribution in [1.29, 1.82) is 0 Å². The van der Waals surface area contributed by atoms with Gasteiger partial charge >= 0.3 is 5.97 Å². The fourth-order valence-electron chi connectivity index (χ4n) is 2.54. The number of carbonyl (C=O) groups excluding carboxylic acids is 2. The smallest absolute Gasteiger partial charge is 0.350 e. The number of anilines is 1. The number of ether oxygens (including phenoxy) is 1. The molecule has 6 heteroatoms. The quantitative estimate of drug-likeness (QED) is 0.863. The molecule has 2 rings (SSSR count). The van der Waals surface area contributed by atoms with E-state index in [4.69, 9.17) is 4.74 Å². The molecule has 1 aromatic rings. The highest BCUT2D eigenvalue weighted by Gasteiger charge is 2.33. The van der Waals surface area contributed by atoms with Crippen molar-refractivity contribution in [2.75, 3.05) is 25.1 Å². The van der Waals surface area contributed by atoms with Gasteiger partial charge in [-0.3, -0.25) is 4.79 Å². The number of carbonyl (C=O) groups is 2. The average Bonchev–Trinajstić information content (AvgIpc) is 2.82. The summed E-state index contributed by atoms with van der Waals surface area (Å²) in [6.07, 6.45) is 1.78. The van der Waals surface area contributed by atoms with Gasteiger partial charge in [0.15, 0.2) is 0 Å². The summed E-state index contributed by atoms with van der Waals surface area (Å²) in [5, 5.41) is 5.10. The van der Waals surface area contributed by atoms with Crippen molar-refractivity contribution in [3.63, 3.8) is 0 Å². The number of piperidine rings is 1. The second-order valence-electron chi connectivity index (χ2n) is 4.83. The molecule has 1 aliphatic rings. The van der Waals surface area contributed by atoms with Crippen LogP contribution in [0.1, 0.15) is 35.0 Å². The number of amides is 1. The Morgan fingerprint density at radius 3 is 3.00 bits per heavy atom. The van der Waals surface area contributed by atoms with Crippen LogP contribution in [0.5, 0.6) is 0 Å². The van der Waals surface area contributed by atoms with Gasteiger partial charge in [0.2, 0.25) is 5.91 Å². The Labute approximate surface area is 122 Å². The highest BCUT2D eigenvalue weighted by Crippen LogP contribution is 2.34. The first-order valence-corrected chi connectivity index (χ1v) is 7.69. The number of hydrogen-bond acceptors (Lipinski definition) is 5. The number of aryl methyl sites for hydroxylation is 1. The Kier molecular flexibility index (Phi) is 4.77. The lowest BCUT2D eigenvalue weighted by Gasteiger charge is -2.33. The molecule has 1 atom stereocenters. The Bertz CT molecular complexity index is 511. The van der Waals surface area contributed by atoms with Crippen molar-refractivity contribution in [2.45, 2.75) is 32.7 Å². The molecular weight excluding hydrogens is 276 g/mol. The maximum atomic E-state index is 12.5. The van der Waals surface area contributed by atoms with Crippen molar-refractivity contribution in [3.05, 3.63) is 15.8 Å². The van der Waals surface area contributed by atoms with Gasteiger partial charge in [-0.25, -0.2) is 4.79 Å². The van der Waals surface area contributed by atoms with E-state index in [0.29, 0.717) is 11.4 Å². The van der Waals surface area contributed by atoms with Gasteiger partial charge in [0, 0.05) is 6.54 Å². The summed E-state index contributed by atoms with van der Waals surface area (Å²) >= 11 is 1.33. The number of rotatable bonds is 4. The van der Waals surface area contributed by atoms with Crippen LogP contribution in [0.4, 0.5) is 5.69 Å². The molecule has 1 fully saturated rings. The highest BCUT2D eigenvalue weighted by atomic mass is 32.1. The maximum absolute atomic E-state index is 12.5. The maximum Gasteiger partial charge on any atom is 0.350 e. The van der Waals surface area contributed by atoms with E-state index in [1.165, 1.54) is 18.4 Å². The van der Waals surface area contributed by atoms with Crippen molar-refractivity contribution in [2.24, 2.45) is 0 Å². The van der Waals surface area contributed by atoms with Gasteiger partial charge in [-0.1, -0.05) is 6.92 Å². The summed E-state index contributed by atoms with van der Waals surface area (Å²) in [7, 11) is 1.36. The van der Waals surface area contributed by atoms with Crippen LogP contribution in [0, 0.1) is 6.92 Å². The Morgan fingerprint density at radius 1 is 1.60 bits per heavy atom. The molecule has 2 heterocycles. The molecular formula is C14H20N2O3S. The van der Waals surface area contributed by atoms with Gasteiger partial charge in [-0.15, -0.1) is 11.3 Å². The van der Waals surface area contributed by atoms with Gasteiger partial charge in [-0.2, -0.15) is 0 Å². The predicted molar refractivity (Wildman–Crippen MR) is 79.4 cm³/mol. The fraction of sp³-hybridized carbons (Fsp3) is 0.571. The van der Waals surface area contributed by atoms with E-state index in [1.54, 1.807) is 4.90 Å². The number of esters is 1. The van der Waals surface area contributed by atoms with Crippen molar-refractivity contribution in [1.82, 2.24) is 5.32 Å².